The molecular weight excluding hydrogens is 224 g/mol. The van der Waals surface area contributed by atoms with Crippen molar-refractivity contribution in [1.29, 1.82) is 0 Å². The molecule has 1 aromatic rings. The molecule has 1 atom stereocenters. The Morgan fingerprint density at radius 2 is 2.00 bits per heavy atom. The molecule has 1 unspecified atom stereocenters. The van der Waals surface area contributed by atoms with Gasteiger partial charge in [-0.05, 0) is 12.5 Å². The number of benzene rings is 1. The largest absolute Gasteiger partial charge is 0.481 e. The van der Waals surface area contributed by atoms with Crippen LogP contribution in [0.25, 0.3) is 0 Å². The van der Waals surface area contributed by atoms with Gasteiger partial charge in [0, 0.05) is 11.5 Å². The molecule has 0 fully saturated rings. The Morgan fingerprint density at radius 1 is 1.38 bits per heavy atom. The van der Waals surface area contributed by atoms with Crippen molar-refractivity contribution >= 4 is 17.7 Å². The van der Waals surface area contributed by atoms with E-state index in [2.05, 4.69) is 0 Å². The van der Waals surface area contributed by atoms with Crippen LogP contribution in [0, 0.1) is 0 Å². The average Bonchev–Trinajstić information content (AvgIpc) is 2.26. The van der Waals surface area contributed by atoms with Crippen LogP contribution >= 0.6 is 11.8 Å². The van der Waals surface area contributed by atoms with Crippen molar-refractivity contribution in [2.75, 3.05) is 11.5 Å². The van der Waals surface area contributed by atoms with E-state index in [9.17, 15) is 9.90 Å². The second kappa shape index (κ2) is 5.92. The average molecular weight is 240 g/mol. The Morgan fingerprint density at radius 3 is 2.56 bits per heavy atom. The topological polar surface area (TPSA) is 57.5 Å². The molecule has 0 heterocycles. The van der Waals surface area contributed by atoms with Crippen LogP contribution < -0.4 is 0 Å². The summed E-state index contributed by atoms with van der Waals surface area (Å²) in [6, 6.07) is 9.41. The van der Waals surface area contributed by atoms with E-state index in [1.165, 1.54) is 11.8 Å². The van der Waals surface area contributed by atoms with Crippen LogP contribution in [-0.4, -0.2) is 27.7 Å². The highest BCUT2D eigenvalue weighted by Gasteiger charge is 2.22. The van der Waals surface area contributed by atoms with Crippen LogP contribution in [0.4, 0.5) is 0 Å². The van der Waals surface area contributed by atoms with Crippen molar-refractivity contribution in [3.63, 3.8) is 0 Å². The molecule has 16 heavy (non-hydrogen) atoms. The summed E-state index contributed by atoms with van der Waals surface area (Å²) in [7, 11) is 0. The SMILES string of the molecule is CC(O)(CSCCC(=O)O)c1ccccc1. The minimum atomic E-state index is -0.898. The number of rotatable bonds is 6. The Kier molecular flexibility index (Phi) is 4.83. The van der Waals surface area contributed by atoms with Gasteiger partial charge >= 0.3 is 5.97 Å². The molecule has 0 aliphatic carbocycles. The molecule has 0 saturated heterocycles. The van der Waals surface area contributed by atoms with E-state index in [0.717, 1.165) is 5.56 Å². The maximum atomic E-state index is 10.3. The maximum absolute atomic E-state index is 10.3. The second-order valence-corrected chi connectivity index (χ2v) is 4.94. The second-order valence-electron chi connectivity index (χ2n) is 3.84. The highest BCUT2D eigenvalue weighted by molar-refractivity contribution is 7.99. The number of aliphatic carboxylic acids is 1. The number of aliphatic hydroxyl groups is 1. The van der Waals surface area contributed by atoms with Gasteiger partial charge in [0.2, 0.25) is 0 Å². The summed E-state index contributed by atoms with van der Waals surface area (Å²) in [6.07, 6.45) is 0.134. The van der Waals surface area contributed by atoms with E-state index in [1.54, 1.807) is 6.92 Å². The lowest BCUT2D eigenvalue weighted by atomic mass is 9.99. The van der Waals surface area contributed by atoms with E-state index in [4.69, 9.17) is 5.11 Å². The third-order valence-corrected chi connectivity index (χ3v) is 3.50. The van der Waals surface area contributed by atoms with Crippen molar-refractivity contribution in [3.8, 4) is 0 Å². The van der Waals surface area contributed by atoms with Crippen LogP contribution in [-0.2, 0) is 10.4 Å². The Hall–Kier alpha value is -1.00. The zero-order valence-electron chi connectivity index (χ0n) is 9.22. The molecule has 88 valence electrons. The highest BCUT2D eigenvalue weighted by atomic mass is 32.2. The summed E-state index contributed by atoms with van der Waals surface area (Å²) in [5.74, 6) is 0.231. The van der Waals surface area contributed by atoms with Crippen LogP contribution in [0.5, 0.6) is 0 Å². The minimum Gasteiger partial charge on any atom is -0.481 e. The fraction of sp³-hybridized carbons (Fsp3) is 0.417. The fourth-order valence-electron chi connectivity index (χ4n) is 1.31. The van der Waals surface area contributed by atoms with Gasteiger partial charge in [-0.3, -0.25) is 4.79 Å². The Labute approximate surface area is 99.5 Å². The summed E-state index contributed by atoms with van der Waals surface area (Å²) >= 11 is 1.45. The molecule has 0 spiro atoms. The van der Waals surface area contributed by atoms with E-state index < -0.39 is 11.6 Å². The summed E-state index contributed by atoms with van der Waals surface area (Å²) in [5, 5.41) is 18.7. The molecule has 0 aliphatic heterocycles. The molecule has 0 aromatic heterocycles. The number of carbonyl (C=O) groups is 1. The zero-order valence-corrected chi connectivity index (χ0v) is 10.0. The standard InChI is InChI=1S/C12H16O3S/c1-12(15,9-16-8-7-11(13)14)10-5-3-2-4-6-10/h2-6,15H,7-9H2,1H3,(H,13,14). The third-order valence-electron chi connectivity index (χ3n) is 2.24. The fourth-order valence-corrected chi connectivity index (χ4v) is 2.34. The lowest BCUT2D eigenvalue weighted by Crippen LogP contribution is -2.24. The van der Waals surface area contributed by atoms with Crippen LogP contribution in [0.2, 0.25) is 0 Å². The molecule has 0 radical (unpaired) electrons. The van der Waals surface area contributed by atoms with Gasteiger partial charge < -0.3 is 10.2 Å². The number of carboxylic acid groups (broad SMARTS) is 1. The molecule has 1 aromatic carbocycles. The van der Waals surface area contributed by atoms with Crippen LogP contribution in [0.3, 0.4) is 0 Å². The van der Waals surface area contributed by atoms with Gasteiger partial charge in [-0.2, -0.15) is 11.8 Å². The highest BCUT2D eigenvalue weighted by Crippen LogP contribution is 2.25. The quantitative estimate of drug-likeness (QED) is 0.748. The molecular formula is C12H16O3S. The molecule has 0 bridgehead atoms. The van der Waals surface area contributed by atoms with Crippen molar-refractivity contribution in [2.24, 2.45) is 0 Å². The van der Waals surface area contributed by atoms with Gasteiger partial charge in [0.1, 0.15) is 0 Å². The van der Waals surface area contributed by atoms with E-state index in [1.807, 2.05) is 30.3 Å². The molecule has 3 nitrogen and oxygen atoms in total. The first kappa shape index (κ1) is 13.1. The number of thioether (sulfide) groups is 1. The summed E-state index contributed by atoms with van der Waals surface area (Å²) < 4.78 is 0. The maximum Gasteiger partial charge on any atom is 0.304 e. The predicted octanol–water partition coefficient (Wildman–Crippen LogP) is 2.10. The van der Waals surface area contributed by atoms with Crippen LogP contribution in [0.15, 0.2) is 30.3 Å². The van der Waals surface area contributed by atoms with E-state index in [0.29, 0.717) is 11.5 Å². The smallest absolute Gasteiger partial charge is 0.304 e. The first-order chi connectivity index (χ1) is 7.52. The van der Waals surface area contributed by atoms with Crippen molar-refractivity contribution < 1.29 is 15.0 Å². The molecule has 0 saturated carbocycles. The van der Waals surface area contributed by atoms with Crippen molar-refractivity contribution in [2.45, 2.75) is 18.9 Å². The first-order valence-corrected chi connectivity index (χ1v) is 6.25. The van der Waals surface area contributed by atoms with Gasteiger partial charge in [-0.15, -0.1) is 0 Å². The number of hydrogen-bond donors (Lipinski definition) is 2. The number of carboxylic acids is 1. The normalized spacial score (nSPS) is 14.4. The molecule has 0 aliphatic rings. The van der Waals surface area contributed by atoms with E-state index in [-0.39, 0.29) is 6.42 Å². The Balaban J connectivity index is 2.43. The molecule has 1 rings (SSSR count). The zero-order chi connectivity index (χ0) is 12.0. The minimum absolute atomic E-state index is 0.134. The first-order valence-electron chi connectivity index (χ1n) is 5.10. The monoisotopic (exact) mass is 240 g/mol. The lowest BCUT2D eigenvalue weighted by molar-refractivity contribution is -0.136. The Bertz CT molecular complexity index is 335. The van der Waals surface area contributed by atoms with Gasteiger partial charge in [0.05, 0.1) is 12.0 Å². The van der Waals surface area contributed by atoms with Crippen molar-refractivity contribution in [3.05, 3.63) is 35.9 Å². The number of hydrogen-bond acceptors (Lipinski definition) is 3. The molecule has 4 heteroatoms. The van der Waals surface area contributed by atoms with Gasteiger partial charge in [0.25, 0.3) is 0 Å². The summed E-state index contributed by atoms with van der Waals surface area (Å²) in [5.41, 5.74) is -0.0393. The van der Waals surface area contributed by atoms with Gasteiger partial charge in [0.15, 0.2) is 0 Å². The van der Waals surface area contributed by atoms with Crippen molar-refractivity contribution in [1.82, 2.24) is 0 Å². The molecule has 0 amide bonds. The van der Waals surface area contributed by atoms with Gasteiger partial charge in [-0.25, -0.2) is 0 Å². The lowest BCUT2D eigenvalue weighted by Gasteiger charge is -2.23. The summed E-state index contributed by atoms with van der Waals surface area (Å²) in [6.45, 7) is 1.75. The van der Waals surface area contributed by atoms with Crippen LogP contribution in [0.1, 0.15) is 18.9 Å². The predicted molar refractivity (Wildman–Crippen MR) is 65.6 cm³/mol. The molecule has 2 N–H and O–H groups in total. The third kappa shape index (κ3) is 4.24. The summed E-state index contributed by atoms with van der Waals surface area (Å²) in [4.78, 5) is 10.3. The van der Waals surface area contributed by atoms with E-state index >= 15 is 0 Å². The van der Waals surface area contributed by atoms with Gasteiger partial charge in [-0.1, -0.05) is 30.3 Å².